The molecular weight excluding hydrogens is 168 g/mol. The SMILES string of the molecule is COC(CC(C)(O)C1CCC1)OC. The highest BCUT2D eigenvalue weighted by Crippen LogP contribution is 2.38. The van der Waals surface area contributed by atoms with Crippen molar-refractivity contribution in [1.29, 1.82) is 0 Å². The molecule has 1 N–H and O–H groups in total. The highest BCUT2D eigenvalue weighted by molar-refractivity contribution is 4.88. The minimum atomic E-state index is -0.630. The van der Waals surface area contributed by atoms with Gasteiger partial charge in [0.25, 0.3) is 0 Å². The van der Waals surface area contributed by atoms with Crippen molar-refractivity contribution >= 4 is 0 Å². The second-order valence-electron chi connectivity index (χ2n) is 4.09. The maximum Gasteiger partial charge on any atom is 0.159 e. The summed E-state index contributed by atoms with van der Waals surface area (Å²) in [6, 6.07) is 0. The second-order valence-corrected chi connectivity index (χ2v) is 4.09. The van der Waals surface area contributed by atoms with Gasteiger partial charge in [-0.05, 0) is 25.7 Å². The first-order valence-corrected chi connectivity index (χ1v) is 4.88. The molecule has 0 amide bonds. The molecule has 1 aliphatic rings. The van der Waals surface area contributed by atoms with Crippen LogP contribution in [-0.2, 0) is 9.47 Å². The number of hydrogen-bond acceptors (Lipinski definition) is 3. The molecule has 0 spiro atoms. The van der Waals surface area contributed by atoms with Crippen LogP contribution in [0.3, 0.4) is 0 Å². The fourth-order valence-electron chi connectivity index (χ4n) is 1.80. The van der Waals surface area contributed by atoms with Crippen molar-refractivity contribution in [2.45, 2.75) is 44.5 Å². The summed E-state index contributed by atoms with van der Waals surface area (Å²) in [5.41, 5.74) is -0.630. The molecule has 0 saturated heterocycles. The Morgan fingerprint density at radius 1 is 1.38 bits per heavy atom. The van der Waals surface area contributed by atoms with E-state index in [1.54, 1.807) is 14.2 Å². The zero-order valence-corrected chi connectivity index (χ0v) is 8.75. The van der Waals surface area contributed by atoms with Crippen molar-refractivity contribution < 1.29 is 14.6 Å². The number of ether oxygens (including phenoxy) is 2. The molecule has 1 unspecified atom stereocenters. The maximum absolute atomic E-state index is 10.1. The minimum Gasteiger partial charge on any atom is -0.390 e. The first-order valence-electron chi connectivity index (χ1n) is 4.88. The van der Waals surface area contributed by atoms with E-state index in [0.717, 1.165) is 12.8 Å². The predicted molar refractivity (Wildman–Crippen MR) is 50.4 cm³/mol. The quantitative estimate of drug-likeness (QED) is 0.665. The van der Waals surface area contributed by atoms with Crippen LogP contribution in [0.4, 0.5) is 0 Å². The molecule has 0 radical (unpaired) electrons. The molecule has 0 aromatic heterocycles. The zero-order chi connectivity index (χ0) is 9.90. The normalized spacial score (nSPS) is 22.8. The van der Waals surface area contributed by atoms with Gasteiger partial charge in [0.2, 0.25) is 0 Å². The summed E-state index contributed by atoms with van der Waals surface area (Å²) in [6.07, 6.45) is 3.78. The van der Waals surface area contributed by atoms with E-state index in [-0.39, 0.29) is 6.29 Å². The molecule has 0 aliphatic heterocycles. The maximum atomic E-state index is 10.1. The molecule has 1 rings (SSSR count). The molecule has 1 aliphatic carbocycles. The smallest absolute Gasteiger partial charge is 0.159 e. The standard InChI is InChI=1S/C10H20O3/c1-10(11,8-5-4-6-8)7-9(12-2)13-3/h8-9,11H,4-7H2,1-3H3. The van der Waals surface area contributed by atoms with Crippen LogP contribution in [0.1, 0.15) is 32.6 Å². The van der Waals surface area contributed by atoms with Crippen molar-refractivity contribution in [3.05, 3.63) is 0 Å². The van der Waals surface area contributed by atoms with Crippen LogP contribution in [0.25, 0.3) is 0 Å². The van der Waals surface area contributed by atoms with Gasteiger partial charge in [0.1, 0.15) is 0 Å². The topological polar surface area (TPSA) is 38.7 Å². The Kier molecular flexibility index (Phi) is 3.71. The third-order valence-corrected chi connectivity index (χ3v) is 3.09. The molecular formula is C10H20O3. The summed E-state index contributed by atoms with van der Waals surface area (Å²) >= 11 is 0. The minimum absolute atomic E-state index is 0.282. The van der Waals surface area contributed by atoms with Gasteiger partial charge in [-0.1, -0.05) is 6.42 Å². The lowest BCUT2D eigenvalue weighted by Gasteiger charge is -2.40. The Morgan fingerprint density at radius 2 is 1.92 bits per heavy atom. The molecule has 0 bridgehead atoms. The first kappa shape index (κ1) is 11.0. The fraction of sp³-hybridized carbons (Fsp3) is 1.00. The lowest BCUT2D eigenvalue weighted by atomic mass is 9.72. The summed E-state index contributed by atoms with van der Waals surface area (Å²) in [7, 11) is 3.20. The van der Waals surface area contributed by atoms with E-state index in [2.05, 4.69) is 0 Å². The number of methoxy groups -OCH3 is 2. The lowest BCUT2D eigenvalue weighted by Crippen LogP contribution is -2.42. The van der Waals surface area contributed by atoms with Crippen LogP contribution in [-0.4, -0.2) is 31.2 Å². The third kappa shape index (κ3) is 2.66. The van der Waals surface area contributed by atoms with E-state index in [1.807, 2.05) is 6.92 Å². The van der Waals surface area contributed by atoms with Gasteiger partial charge in [0.15, 0.2) is 6.29 Å². The van der Waals surface area contributed by atoms with Gasteiger partial charge in [0, 0.05) is 20.6 Å². The summed E-state index contributed by atoms with van der Waals surface area (Å²) in [4.78, 5) is 0. The third-order valence-electron chi connectivity index (χ3n) is 3.09. The van der Waals surface area contributed by atoms with Crippen LogP contribution < -0.4 is 0 Å². The highest BCUT2D eigenvalue weighted by atomic mass is 16.7. The van der Waals surface area contributed by atoms with Crippen LogP contribution in [0, 0.1) is 5.92 Å². The average molecular weight is 188 g/mol. The average Bonchev–Trinajstić information content (AvgIpc) is 1.95. The molecule has 0 aromatic carbocycles. The Labute approximate surface area is 80.0 Å². The van der Waals surface area contributed by atoms with Gasteiger partial charge < -0.3 is 14.6 Å². The largest absolute Gasteiger partial charge is 0.390 e. The first-order chi connectivity index (χ1) is 6.10. The van der Waals surface area contributed by atoms with Crippen LogP contribution >= 0.6 is 0 Å². The van der Waals surface area contributed by atoms with Crippen LogP contribution in [0.2, 0.25) is 0 Å². The van der Waals surface area contributed by atoms with Crippen LogP contribution in [0.5, 0.6) is 0 Å². The Balaban J connectivity index is 2.39. The van der Waals surface area contributed by atoms with Gasteiger partial charge in [-0.15, -0.1) is 0 Å². The molecule has 1 atom stereocenters. The van der Waals surface area contributed by atoms with Gasteiger partial charge in [-0.3, -0.25) is 0 Å². The molecule has 1 saturated carbocycles. The van der Waals surface area contributed by atoms with Gasteiger partial charge >= 0.3 is 0 Å². The molecule has 13 heavy (non-hydrogen) atoms. The predicted octanol–water partition coefficient (Wildman–Crippen LogP) is 1.55. The van der Waals surface area contributed by atoms with Crippen LogP contribution in [0.15, 0.2) is 0 Å². The molecule has 0 aromatic rings. The van der Waals surface area contributed by atoms with Gasteiger partial charge in [-0.2, -0.15) is 0 Å². The van der Waals surface area contributed by atoms with Crippen molar-refractivity contribution in [3.63, 3.8) is 0 Å². The van der Waals surface area contributed by atoms with Crippen molar-refractivity contribution in [1.82, 2.24) is 0 Å². The van der Waals surface area contributed by atoms with E-state index in [0.29, 0.717) is 12.3 Å². The van der Waals surface area contributed by atoms with E-state index >= 15 is 0 Å². The van der Waals surface area contributed by atoms with Crippen molar-refractivity contribution in [3.8, 4) is 0 Å². The Morgan fingerprint density at radius 3 is 2.23 bits per heavy atom. The van der Waals surface area contributed by atoms with Crippen molar-refractivity contribution in [2.75, 3.05) is 14.2 Å². The molecule has 1 fully saturated rings. The van der Waals surface area contributed by atoms with E-state index in [1.165, 1.54) is 6.42 Å². The van der Waals surface area contributed by atoms with E-state index in [9.17, 15) is 5.11 Å². The molecule has 3 heteroatoms. The summed E-state index contributed by atoms with van der Waals surface area (Å²) in [5.74, 6) is 0.431. The summed E-state index contributed by atoms with van der Waals surface area (Å²) in [5, 5.41) is 10.1. The molecule has 0 heterocycles. The summed E-state index contributed by atoms with van der Waals surface area (Å²) in [6.45, 7) is 1.88. The molecule has 3 nitrogen and oxygen atoms in total. The Bertz CT molecular complexity index is 148. The van der Waals surface area contributed by atoms with Crippen molar-refractivity contribution in [2.24, 2.45) is 5.92 Å². The van der Waals surface area contributed by atoms with E-state index in [4.69, 9.17) is 9.47 Å². The monoisotopic (exact) mass is 188 g/mol. The zero-order valence-electron chi connectivity index (χ0n) is 8.75. The summed E-state index contributed by atoms with van der Waals surface area (Å²) < 4.78 is 10.1. The Hall–Kier alpha value is -0.120. The second kappa shape index (κ2) is 4.40. The highest BCUT2D eigenvalue weighted by Gasteiger charge is 2.37. The van der Waals surface area contributed by atoms with Gasteiger partial charge in [-0.25, -0.2) is 0 Å². The van der Waals surface area contributed by atoms with Gasteiger partial charge in [0.05, 0.1) is 5.60 Å². The molecule has 78 valence electrons. The lowest BCUT2D eigenvalue weighted by molar-refractivity contribution is -0.158. The van der Waals surface area contributed by atoms with E-state index < -0.39 is 5.60 Å². The number of rotatable bonds is 5. The number of hydrogen-bond donors (Lipinski definition) is 1. The fourth-order valence-corrected chi connectivity index (χ4v) is 1.80. The number of aliphatic hydroxyl groups is 1.